The Morgan fingerprint density at radius 1 is 1.07 bits per heavy atom. The highest BCUT2D eigenvalue weighted by Gasteiger charge is 2.14. The highest BCUT2D eigenvalue weighted by molar-refractivity contribution is 4.61. The Hall–Kier alpha value is -0.180. The zero-order valence-corrected chi connectivity index (χ0v) is 9.68. The maximum Gasteiger partial charge on any atom is 0.154 e. The minimum Gasteiger partial charge on any atom is -0.378 e. The van der Waals surface area contributed by atoms with Crippen LogP contribution in [0.4, 0.5) is 8.78 Å². The minimum atomic E-state index is -1.48. The number of rotatable bonds is 10. The first kappa shape index (κ1) is 14.8. The predicted molar refractivity (Wildman–Crippen MR) is 59.3 cm³/mol. The first-order chi connectivity index (χ1) is 7.18. The quantitative estimate of drug-likeness (QED) is 0.509. The molecular formula is C12H23F2O. The van der Waals surface area contributed by atoms with Crippen molar-refractivity contribution >= 4 is 0 Å². The van der Waals surface area contributed by atoms with Crippen molar-refractivity contribution in [2.75, 3.05) is 13.2 Å². The Bertz CT molecular complexity index is 129. The summed E-state index contributed by atoms with van der Waals surface area (Å²) in [5, 5.41) is 0. The number of ether oxygens (including phenoxy) is 1. The predicted octanol–water partition coefficient (Wildman–Crippen LogP) is 3.87. The van der Waals surface area contributed by atoms with Crippen molar-refractivity contribution in [3.63, 3.8) is 0 Å². The van der Waals surface area contributed by atoms with Crippen LogP contribution in [0.2, 0.25) is 0 Å². The van der Waals surface area contributed by atoms with Gasteiger partial charge in [0.15, 0.2) is 6.17 Å². The van der Waals surface area contributed by atoms with Crippen molar-refractivity contribution in [2.45, 2.75) is 57.8 Å². The van der Waals surface area contributed by atoms with Crippen molar-refractivity contribution in [2.24, 2.45) is 0 Å². The molecule has 0 rings (SSSR count). The Labute approximate surface area is 92.2 Å². The van der Waals surface area contributed by atoms with E-state index >= 15 is 0 Å². The molecule has 0 saturated carbocycles. The van der Waals surface area contributed by atoms with E-state index in [1.807, 2.05) is 0 Å². The lowest BCUT2D eigenvalue weighted by molar-refractivity contribution is 0.0451. The van der Waals surface area contributed by atoms with Crippen molar-refractivity contribution in [1.82, 2.24) is 0 Å². The van der Waals surface area contributed by atoms with Crippen molar-refractivity contribution in [1.29, 1.82) is 0 Å². The van der Waals surface area contributed by atoms with E-state index in [1.54, 1.807) is 0 Å². The molecule has 0 aliphatic rings. The van der Waals surface area contributed by atoms with E-state index in [0.29, 0.717) is 6.61 Å². The van der Waals surface area contributed by atoms with E-state index < -0.39 is 12.3 Å². The van der Waals surface area contributed by atoms with Gasteiger partial charge in [-0.1, -0.05) is 39.0 Å². The van der Waals surface area contributed by atoms with Crippen LogP contribution in [-0.4, -0.2) is 25.6 Å². The van der Waals surface area contributed by atoms with Crippen molar-refractivity contribution < 1.29 is 13.5 Å². The van der Waals surface area contributed by atoms with Gasteiger partial charge in [-0.3, -0.25) is 0 Å². The molecule has 0 saturated heterocycles. The monoisotopic (exact) mass is 221 g/mol. The molecule has 15 heavy (non-hydrogen) atoms. The summed E-state index contributed by atoms with van der Waals surface area (Å²) >= 11 is 0. The fourth-order valence-electron chi connectivity index (χ4n) is 1.24. The second-order valence-corrected chi connectivity index (χ2v) is 3.89. The normalized spacial score (nSPS) is 15.2. The van der Waals surface area contributed by atoms with Crippen LogP contribution in [0, 0.1) is 6.92 Å². The van der Waals surface area contributed by atoms with E-state index in [4.69, 9.17) is 4.74 Å². The SMILES string of the molecule is [CH2]CCCCCCCOCC(F)C(C)F. The Morgan fingerprint density at radius 2 is 1.67 bits per heavy atom. The van der Waals surface area contributed by atoms with Crippen LogP contribution >= 0.6 is 0 Å². The Kier molecular flexibility index (Phi) is 10.2. The highest BCUT2D eigenvalue weighted by Crippen LogP contribution is 2.06. The summed E-state index contributed by atoms with van der Waals surface area (Å²) in [5.41, 5.74) is 0. The topological polar surface area (TPSA) is 9.23 Å². The lowest BCUT2D eigenvalue weighted by Gasteiger charge is -2.09. The number of halogens is 2. The van der Waals surface area contributed by atoms with Gasteiger partial charge in [-0.2, -0.15) is 0 Å². The van der Waals surface area contributed by atoms with Gasteiger partial charge < -0.3 is 4.74 Å². The molecule has 1 radical (unpaired) electrons. The summed E-state index contributed by atoms with van der Waals surface area (Å²) in [6.45, 7) is 5.41. The number of unbranched alkanes of at least 4 members (excludes halogenated alkanes) is 5. The number of hydrogen-bond donors (Lipinski definition) is 0. The van der Waals surface area contributed by atoms with E-state index in [-0.39, 0.29) is 6.61 Å². The average Bonchev–Trinajstić information content (AvgIpc) is 2.21. The summed E-state index contributed by atoms with van der Waals surface area (Å²) in [4.78, 5) is 0. The molecule has 0 N–H and O–H groups in total. The zero-order chi connectivity index (χ0) is 11.5. The molecule has 0 spiro atoms. The van der Waals surface area contributed by atoms with Crippen molar-refractivity contribution in [3.05, 3.63) is 6.92 Å². The van der Waals surface area contributed by atoms with E-state index in [1.165, 1.54) is 26.2 Å². The van der Waals surface area contributed by atoms with Gasteiger partial charge in [-0.05, 0) is 13.3 Å². The highest BCUT2D eigenvalue weighted by atomic mass is 19.2. The molecule has 91 valence electrons. The third-order valence-corrected chi connectivity index (χ3v) is 2.31. The summed E-state index contributed by atoms with van der Waals surface area (Å²) in [7, 11) is 0. The van der Waals surface area contributed by atoms with Crippen LogP contribution in [0.5, 0.6) is 0 Å². The molecule has 0 aliphatic carbocycles. The molecule has 0 aromatic carbocycles. The first-order valence-electron chi connectivity index (χ1n) is 5.83. The number of alkyl halides is 2. The van der Waals surface area contributed by atoms with Gasteiger partial charge in [0.2, 0.25) is 0 Å². The standard InChI is InChI=1S/C12H23F2O/c1-3-4-5-6-7-8-9-15-10-12(14)11(2)13/h11-12H,1,3-10H2,2H3. The fraction of sp³-hybridized carbons (Fsp3) is 0.917. The fourth-order valence-corrected chi connectivity index (χ4v) is 1.24. The molecule has 0 heterocycles. The molecule has 1 nitrogen and oxygen atoms in total. The van der Waals surface area contributed by atoms with Gasteiger partial charge in [-0.15, -0.1) is 0 Å². The summed E-state index contributed by atoms with van der Waals surface area (Å²) < 4.78 is 30.1. The van der Waals surface area contributed by atoms with Gasteiger partial charge in [0.1, 0.15) is 6.17 Å². The van der Waals surface area contributed by atoms with Crippen LogP contribution in [0.15, 0.2) is 0 Å². The molecule has 0 aromatic rings. The Morgan fingerprint density at radius 3 is 2.27 bits per heavy atom. The molecule has 0 fully saturated rings. The molecule has 0 amide bonds. The molecule has 0 bridgehead atoms. The second kappa shape index (κ2) is 10.3. The second-order valence-electron chi connectivity index (χ2n) is 3.89. The third kappa shape index (κ3) is 10.1. The van der Waals surface area contributed by atoms with Gasteiger partial charge >= 0.3 is 0 Å². The average molecular weight is 221 g/mol. The smallest absolute Gasteiger partial charge is 0.154 e. The van der Waals surface area contributed by atoms with Crippen LogP contribution < -0.4 is 0 Å². The molecule has 2 atom stereocenters. The molecule has 0 aromatic heterocycles. The van der Waals surface area contributed by atoms with E-state index in [0.717, 1.165) is 19.3 Å². The molecule has 0 aliphatic heterocycles. The molecule has 3 heteroatoms. The largest absolute Gasteiger partial charge is 0.378 e. The van der Waals surface area contributed by atoms with Crippen molar-refractivity contribution in [3.8, 4) is 0 Å². The van der Waals surface area contributed by atoms with Crippen LogP contribution in [0.1, 0.15) is 45.4 Å². The van der Waals surface area contributed by atoms with Crippen LogP contribution in [0.3, 0.4) is 0 Å². The Balaban J connectivity index is 3.05. The third-order valence-electron chi connectivity index (χ3n) is 2.31. The molecular weight excluding hydrogens is 198 g/mol. The maximum atomic E-state index is 12.7. The van der Waals surface area contributed by atoms with Gasteiger partial charge in [0.05, 0.1) is 6.61 Å². The summed E-state index contributed by atoms with van der Waals surface area (Å²) in [6, 6.07) is 0. The first-order valence-corrected chi connectivity index (χ1v) is 5.83. The van der Waals surface area contributed by atoms with Gasteiger partial charge in [0, 0.05) is 6.61 Å². The molecule has 2 unspecified atom stereocenters. The lowest BCUT2D eigenvalue weighted by Crippen LogP contribution is -2.20. The van der Waals surface area contributed by atoms with Gasteiger partial charge in [0.25, 0.3) is 0 Å². The van der Waals surface area contributed by atoms with E-state index in [2.05, 4.69) is 6.92 Å². The summed E-state index contributed by atoms with van der Waals surface area (Å²) in [5.74, 6) is 0. The zero-order valence-electron chi connectivity index (χ0n) is 9.68. The van der Waals surface area contributed by atoms with Gasteiger partial charge in [-0.25, -0.2) is 8.78 Å². The summed E-state index contributed by atoms with van der Waals surface area (Å²) in [6.07, 6.45) is 3.68. The number of hydrogen-bond acceptors (Lipinski definition) is 1. The van der Waals surface area contributed by atoms with Crippen LogP contribution in [0.25, 0.3) is 0 Å². The lowest BCUT2D eigenvalue weighted by atomic mass is 10.1. The van der Waals surface area contributed by atoms with E-state index in [9.17, 15) is 8.78 Å². The maximum absolute atomic E-state index is 12.7. The van der Waals surface area contributed by atoms with Crippen LogP contribution in [-0.2, 0) is 4.74 Å². The minimum absolute atomic E-state index is 0.115.